The number of amides is 1. The minimum atomic E-state index is -0.463. The minimum absolute atomic E-state index is 0.184. The van der Waals surface area contributed by atoms with Gasteiger partial charge < -0.3 is 20.3 Å². The van der Waals surface area contributed by atoms with Crippen molar-refractivity contribution in [3.63, 3.8) is 0 Å². The Kier molecular flexibility index (Phi) is 4.72. The van der Waals surface area contributed by atoms with E-state index in [0.29, 0.717) is 41.6 Å². The quantitative estimate of drug-likeness (QED) is 0.462. The number of nitrogens with one attached hydrogen (secondary N) is 2. The third-order valence-electron chi connectivity index (χ3n) is 5.29. The molecule has 4 aromatic rings. The fourth-order valence-corrected chi connectivity index (χ4v) is 3.60. The van der Waals surface area contributed by atoms with Gasteiger partial charge in [0.05, 0.1) is 18.3 Å². The van der Waals surface area contributed by atoms with Gasteiger partial charge in [-0.1, -0.05) is 17.3 Å². The Labute approximate surface area is 175 Å². The van der Waals surface area contributed by atoms with Gasteiger partial charge in [-0.3, -0.25) is 9.20 Å². The molecule has 0 radical (unpaired) electrons. The molecule has 1 saturated heterocycles. The molecule has 3 N–H and O–H groups in total. The Bertz CT molecular complexity index is 1280. The zero-order chi connectivity index (χ0) is 21.5. The molecular formula is C21H19FN6O3. The molecule has 2 atom stereocenters. The summed E-state index contributed by atoms with van der Waals surface area (Å²) in [6.07, 6.45) is 2.69. The number of hydrogen-bond donors (Lipinski definition) is 3. The highest BCUT2D eigenvalue weighted by Crippen LogP contribution is 2.27. The number of β-amino-alcohol motifs (C(OH)–C–C–N with tert-alkyl or cyclic N) is 1. The van der Waals surface area contributed by atoms with Crippen LogP contribution in [-0.4, -0.2) is 43.2 Å². The van der Waals surface area contributed by atoms with Crippen LogP contribution in [0.3, 0.4) is 0 Å². The molecule has 10 heteroatoms. The van der Waals surface area contributed by atoms with Crippen molar-refractivity contribution in [3.8, 4) is 11.4 Å². The molecule has 4 heterocycles. The maximum absolute atomic E-state index is 13.6. The van der Waals surface area contributed by atoms with Crippen LogP contribution in [0.5, 0.6) is 0 Å². The molecule has 158 valence electrons. The highest BCUT2D eigenvalue weighted by atomic mass is 19.1. The molecule has 5 rings (SSSR count). The second-order valence-corrected chi connectivity index (χ2v) is 7.51. The van der Waals surface area contributed by atoms with Crippen LogP contribution in [-0.2, 0) is 0 Å². The van der Waals surface area contributed by atoms with Gasteiger partial charge in [0, 0.05) is 24.0 Å². The van der Waals surface area contributed by atoms with Crippen LogP contribution in [0.1, 0.15) is 34.4 Å². The first-order chi connectivity index (χ1) is 15.0. The molecule has 1 fully saturated rings. The summed E-state index contributed by atoms with van der Waals surface area (Å²) in [6, 6.07) is 8.04. The molecule has 0 saturated carbocycles. The summed E-state index contributed by atoms with van der Waals surface area (Å²) in [6.45, 7) is 2.34. The van der Waals surface area contributed by atoms with Crippen LogP contribution >= 0.6 is 0 Å². The lowest BCUT2D eigenvalue weighted by Gasteiger charge is -2.09. The van der Waals surface area contributed by atoms with Gasteiger partial charge in [0.25, 0.3) is 5.91 Å². The van der Waals surface area contributed by atoms with Crippen molar-refractivity contribution >= 4 is 17.2 Å². The molecule has 0 unspecified atom stereocenters. The number of aryl methyl sites for hydroxylation is 1. The third-order valence-corrected chi connectivity index (χ3v) is 5.29. The van der Waals surface area contributed by atoms with Crippen LogP contribution in [0.2, 0.25) is 0 Å². The number of imidazole rings is 1. The Morgan fingerprint density at radius 2 is 2.23 bits per heavy atom. The summed E-state index contributed by atoms with van der Waals surface area (Å²) < 4.78 is 20.4. The molecule has 31 heavy (non-hydrogen) atoms. The fourth-order valence-electron chi connectivity index (χ4n) is 3.60. The summed E-state index contributed by atoms with van der Waals surface area (Å²) in [4.78, 5) is 21.4. The first kappa shape index (κ1) is 19.3. The number of carbonyl (C=O) groups is 1. The molecule has 0 bridgehead atoms. The van der Waals surface area contributed by atoms with Gasteiger partial charge in [-0.25, -0.2) is 9.37 Å². The van der Waals surface area contributed by atoms with Gasteiger partial charge >= 0.3 is 0 Å². The van der Waals surface area contributed by atoms with Crippen molar-refractivity contribution in [2.75, 3.05) is 11.9 Å². The van der Waals surface area contributed by atoms with Crippen molar-refractivity contribution in [3.05, 3.63) is 65.7 Å². The summed E-state index contributed by atoms with van der Waals surface area (Å²) in [5.74, 6) is -0.0952. The van der Waals surface area contributed by atoms with Gasteiger partial charge in [-0.2, -0.15) is 4.98 Å². The molecule has 1 aliphatic rings. The number of rotatable bonds is 4. The molecule has 1 aromatic carbocycles. The van der Waals surface area contributed by atoms with Gasteiger partial charge in [0.1, 0.15) is 17.2 Å². The molecule has 0 spiro atoms. The van der Waals surface area contributed by atoms with E-state index in [1.807, 2.05) is 19.1 Å². The van der Waals surface area contributed by atoms with Crippen molar-refractivity contribution < 1.29 is 18.8 Å². The number of nitrogens with zero attached hydrogens (tertiary/aromatic N) is 4. The van der Waals surface area contributed by atoms with E-state index in [-0.39, 0.29) is 11.7 Å². The smallest absolute Gasteiger partial charge is 0.274 e. The van der Waals surface area contributed by atoms with E-state index in [4.69, 9.17) is 4.52 Å². The van der Waals surface area contributed by atoms with Crippen molar-refractivity contribution in [1.82, 2.24) is 24.8 Å². The van der Waals surface area contributed by atoms with Gasteiger partial charge in [-0.15, -0.1) is 0 Å². The number of aliphatic hydroxyl groups excluding tert-OH is 1. The van der Waals surface area contributed by atoms with E-state index in [1.165, 1.54) is 28.9 Å². The largest absolute Gasteiger partial charge is 0.392 e. The Balaban J connectivity index is 1.40. The summed E-state index contributed by atoms with van der Waals surface area (Å²) in [5, 5.41) is 19.7. The highest BCUT2D eigenvalue weighted by molar-refractivity contribution is 6.04. The van der Waals surface area contributed by atoms with E-state index in [0.717, 1.165) is 5.56 Å². The average molecular weight is 422 g/mol. The highest BCUT2D eigenvalue weighted by Gasteiger charge is 2.28. The van der Waals surface area contributed by atoms with E-state index in [2.05, 4.69) is 25.8 Å². The van der Waals surface area contributed by atoms with Gasteiger partial charge in [0.15, 0.2) is 0 Å². The van der Waals surface area contributed by atoms with E-state index in [1.54, 1.807) is 6.07 Å². The SMILES string of the molecule is Cc1ccc(-c2noc([C@@H]3C[C@@H](O)CN3)n2)cc1NC(=O)c1cnc2ccc(F)cn12. The lowest BCUT2D eigenvalue weighted by atomic mass is 10.1. The average Bonchev–Trinajstić information content (AvgIpc) is 3.48. The fraction of sp³-hybridized carbons (Fsp3) is 0.238. The lowest BCUT2D eigenvalue weighted by Crippen LogP contribution is -2.15. The summed E-state index contributed by atoms with van der Waals surface area (Å²) in [7, 11) is 0. The monoisotopic (exact) mass is 422 g/mol. The van der Waals surface area contributed by atoms with Crippen molar-refractivity contribution in [2.45, 2.75) is 25.5 Å². The van der Waals surface area contributed by atoms with E-state index in [9.17, 15) is 14.3 Å². The number of pyridine rings is 1. The molecule has 0 aliphatic carbocycles. The normalized spacial score (nSPS) is 18.5. The summed E-state index contributed by atoms with van der Waals surface area (Å²) in [5.41, 5.74) is 2.75. The number of benzene rings is 1. The first-order valence-electron chi connectivity index (χ1n) is 9.78. The van der Waals surface area contributed by atoms with Crippen LogP contribution in [0.4, 0.5) is 10.1 Å². The van der Waals surface area contributed by atoms with Crippen LogP contribution in [0, 0.1) is 12.7 Å². The Hall–Kier alpha value is -3.63. The van der Waals surface area contributed by atoms with Crippen LogP contribution in [0.15, 0.2) is 47.2 Å². The van der Waals surface area contributed by atoms with Crippen LogP contribution < -0.4 is 10.6 Å². The predicted molar refractivity (Wildman–Crippen MR) is 109 cm³/mol. The molecule has 3 aromatic heterocycles. The predicted octanol–water partition coefficient (Wildman–Crippen LogP) is 2.48. The third kappa shape index (κ3) is 3.66. The molecular weight excluding hydrogens is 403 g/mol. The maximum Gasteiger partial charge on any atom is 0.274 e. The topological polar surface area (TPSA) is 118 Å². The number of carbonyl (C=O) groups excluding carboxylic acids is 1. The zero-order valence-corrected chi connectivity index (χ0v) is 16.5. The molecule has 9 nitrogen and oxygen atoms in total. The maximum atomic E-state index is 13.6. The van der Waals surface area contributed by atoms with E-state index < -0.39 is 17.8 Å². The second-order valence-electron chi connectivity index (χ2n) is 7.51. The lowest BCUT2D eigenvalue weighted by molar-refractivity contribution is 0.102. The molecule has 1 aliphatic heterocycles. The number of hydrogen-bond acceptors (Lipinski definition) is 7. The van der Waals surface area contributed by atoms with Crippen molar-refractivity contribution in [1.29, 1.82) is 0 Å². The standard InChI is InChI=1S/C21H19FN6O3/c1-11-2-3-12(19-26-21(31-27-19)16-7-14(29)8-23-16)6-15(11)25-20(30)17-9-24-18-5-4-13(22)10-28(17)18/h2-6,9-10,14,16,23,29H,7-8H2,1H3,(H,25,30)/t14-,16+/m1/s1. The van der Waals surface area contributed by atoms with Crippen LogP contribution in [0.25, 0.3) is 17.0 Å². The number of fused-ring (bicyclic) bond motifs is 1. The number of aliphatic hydroxyl groups is 1. The second kappa shape index (κ2) is 7.56. The Morgan fingerprint density at radius 1 is 1.35 bits per heavy atom. The molecule has 1 amide bonds. The van der Waals surface area contributed by atoms with Crippen molar-refractivity contribution in [2.24, 2.45) is 0 Å². The number of anilines is 1. The van der Waals surface area contributed by atoms with E-state index >= 15 is 0 Å². The number of aromatic nitrogens is 4. The minimum Gasteiger partial charge on any atom is -0.392 e. The number of halogens is 1. The summed E-state index contributed by atoms with van der Waals surface area (Å²) >= 11 is 0. The first-order valence-corrected chi connectivity index (χ1v) is 9.78. The van der Waals surface area contributed by atoms with Gasteiger partial charge in [-0.05, 0) is 37.1 Å². The zero-order valence-electron chi connectivity index (χ0n) is 16.5. The van der Waals surface area contributed by atoms with Gasteiger partial charge in [0.2, 0.25) is 11.7 Å². The Morgan fingerprint density at radius 3 is 3.03 bits per heavy atom.